The van der Waals surface area contributed by atoms with Gasteiger partial charge in [0, 0.05) is 15.6 Å². The first-order valence-electron chi connectivity index (χ1n) is 6.75. The number of halogens is 1. The van der Waals surface area contributed by atoms with Crippen LogP contribution in [0.5, 0.6) is 0 Å². The summed E-state index contributed by atoms with van der Waals surface area (Å²) in [6, 6.07) is 14.3. The molecule has 1 heterocycles. The predicted molar refractivity (Wildman–Crippen MR) is 91.0 cm³/mol. The van der Waals surface area contributed by atoms with Crippen molar-refractivity contribution in [3.8, 4) is 22.4 Å². The Morgan fingerprint density at radius 2 is 1.71 bits per heavy atom. The van der Waals surface area contributed by atoms with E-state index in [1.165, 1.54) is 11.1 Å². The van der Waals surface area contributed by atoms with Crippen LogP contribution < -0.4 is 5.73 Å². The number of aromatic nitrogens is 2. The first kappa shape index (κ1) is 13.9. The maximum absolute atomic E-state index is 6.10. The van der Waals surface area contributed by atoms with Gasteiger partial charge in [0.25, 0.3) is 0 Å². The molecule has 3 N–H and O–H groups in total. The van der Waals surface area contributed by atoms with Gasteiger partial charge in [0.15, 0.2) is 5.82 Å². The molecule has 3 rings (SSSR count). The Morgan fingerprint density at radius 1 is 1.00 bits per heavy atom. The molecule has 0 atom stereocenters. The highest BCUT2D eigenvalue weighted by Gasteiger charge is 2.18. The molecule has 0 spiro atoms. The van der Waals surface area contributed by atoms with Gasteiger partial charge in [0.1, 0.15) is 0 Å². The largest absolute Gasteiger partial charge is 0.382 e. The van der Waals surface area contributed by atoms with Crippen LogP contribution in [-0.4, -0.2) is 10.2 Å². The normalized spacial score (nSPS) is 10.8. The molecular weight excluding hydrogens is 326 g/mol. The van der Waals surface area contributed by atoms with Gasteiger partial charge in [-0.1, -0.05) is 52.3 Å². The smallest absolute Gasteiger partial charge is 0.153 e. The fraction of sp³-hybridized carbons (Fsp3) is 0.118. The number of benzene rings is 2. The summed E-state index contributed by atoms with van der Waals surface area (Å²) in [5.74, 6) is 0.512. The highest BCUT2D eigenvalue weighted by Crippen LogP contribution is 2.39. The molecule has 0 saturated heterocycles. The van der Waals surface area contributed by atoms with Crippen LogP contribution in [0.2, 0.25) is 0 Å². The summed E-state index contributed by atoms with van der Waals surface area (Å²) in [7, 11) is 0. The Hall–Kier alpha value is -2.07. The number of nitrogens with two attached hydrogens (primary N) is 1. The summed E-state index contributed by atoms with van der Waals surface area (Å²) in [5.41, 5.74) is 12.7. The Bertz CT molecular complexity index is 806. The van der Waals surface area contributed by atoms with Gasteiger partial charge in [0.2, 0.25) is 0 Å². The van der Waals surface area contributed by atoms with Crippen LogP contribution in [0.4, 0.5) is 5.82 Å². The lowest BCUT2D eigenvalue weighted by Crippen LogP contribution is -1.92. The number of nitrogens with one attached hydrogen (secondary N) is 1. The average molecular weight is 342 g/mol. The second-order valence-corrected chi connectivity index (χ2v) is 5.94. The SMILES string of the molecule is Cc1cccc(-c2[nH]nc(N)c2-c2ccccc2Br)c1C. The quantitative estimate of drug-likeness (QED) is 0.709. The van der Waals surface area contributed by atoms with E-state index >= 15 is 0 Å². The van der Waals surface area contributed by atoms with Crippen LogP contribution in [0.3, 0.4) is 0 Å². The summed E-state index contributed by atoms with van der Waals surface area (Å²) in [5, 5.41) is 7.30. The number of hydrogen-bond acceptors (Lipinski definition) is 2. The van der Waals surface area contributed by atoms with E-state index in [4.69, 9.17) is 5.73 Å². The number of nitrogens with zero attached hydrogens (tertiary/aromatic N) is 1. The van der Waals surface area contributed by atoms with Crippen molar-refractivity contribution in [2.24, 2.45) is 0 Å². The second-order valence-electron chi connectivity index (χ2n) is 5.09. The van der Waals surface area contributed by atoms with Crippen molar-refractivity contribution in [2.45, 2.75) is 13.8 Å². The number of anilines is 1. The summed E-state index contributed by atoms with van der Waals surface area (Å²) < 4.78 is 1.00. The lowest BCUT2D eigenvalue weighted by Gasteiger charge is -2.10. The third-order valence-corrected chi connectivity index (χ3v) is 4.50. The molecule has 0 saturated carbocycles. The fourth-order valence-corrected chi connectivity index (χ4v) is 2.99. The van der Waals surface area contributed by atoms with Gasteiger partial charge >= 0.3 is 0 Å². The molecule has 0 amide bonds. The molecule has 106 valence electrons. The van der Waals surface area contributed by atoms with Crippen LogP contribution in [-0.2, 0) is 0 Å². The summed E-state index contributed by atoms with van der Waals surface area (Å²) in [4.78, 5) is 0. The number of hydrogen-bond donors (Lipinski definition) is 2. The third kappa shape index (κ3) is 2.36. The molecule has 3 aromatic rings. The third-order valence-electron chi connectivity index (χ3n) is 3.81. The van der Waals surface area contributed by atoms with E-state index in [0.717, 1.165) is 26.9 Å². The zero-order valence-corrected chi connectivity index (χ0v) is 13.5. The van der Waals surface area contributed by atoms with Crippen LogP contribution in [0.25, 0.3) is 22.4 Å². The van der Waals surface area contributed by atoms with Gasteiger partial charge in [-0.25, -0.2) is 0 Å². The highest BCUT2D eigenvalue weighted by atomic mass is 79.9. The van der Waals surface area contributed by atoms with E-state index in [1.807, 2.05) is 24.3 Å². The van der Waals surface area contributed by atoms with Crippen molar-refractivity contribution < 1.29 is 0 Å². The zero-order chi connectivity index (χ0) is 15.0. The predicted octanol–water partition coefficient (Wildman–Crippen LogP) is 4.71. The van der Waals surface area contributed by atoms with Crippen molar-refractivity contribution in [3.63, 3.8) is 0 Å². The van der Waals surface area contributed by atoms with Crippen LogP contribution >= 0.6 is 15.9 Å². The van der Waals surface area contributed by atoms with E-state index < -0.39 is 0 Å². The molecular formula is C17H16BrN3. The van der Waals surface area contributed by atoms with Gasteiger partial charge in [-0.3, -0.25) is 5.10 Å². The lowest BCUT2D eigenvalue weighted by atomic mass is 9.96. The number of H-pyrrole nitrogens is 1. The van der Waals surface area contributed by atoms with E-state index in [2.05, 4.69) is 58.2 Å². The minimum atomic E-state index is 0.512. The molecule has 1 aromatic heterocycles. The Balaban J connectivity index is 2.28. The monoisotopic (exact) mass is 341 g/mol. The first-order valence-corrected chi connectivity index (χ1v) is 7.54. The van der Waals surface area contributed by atoms with Crippen molar-refractivity contribution in [2.75, 3.05) is 5.73 Å². The van der Waals surface area contributed by atoms with Crippen molar-refractivity contribution in [1.82, 2.24) is 10.2 Å². The lowest BCUT2D eigenvalue weighted by molar-refractivity contribution is 1.10. The molecule has 0 fully saturated rings. The van der Waals surface area contributed by atoms with Crippen LogP contribution in [0, 0.1) is 13.8 Å². The van der Waals surface area contributed by atoms with E-state index in [0.29, 0.717) is 5.82 Å². The number of rotatable bonds is 2. The summed E-state index contributed by atoms with van der Waals surface area (Å²) in [6.07, 6.45) is 0. The van der Waals surface area contributed by atoms with Gasteiger partial charge in [0.05, 0.1) is 11.3 Å². The zero-order valence-electron chi connectivity index (χ0n) is 11.9. The van der Waals surface area contributed by atoms with Crippen molar-refractivity contribution >= 4 is 21.7 Å². The summed E-state index contributed by atoms with van der Waals surface area (Å²) in [6.45, 7) is 4.22. The Labute approximate surface area is 132 Å². The molecule has 0 radical (unpaired) electrons. The van der Waals surface area contributed by atoms with E-state index in [9.17, 15) is 0 Å². The molecule has 0 aliphatic rings. The topological polar surface area (TPSA) is 54.7 Å². The molecule has 0 aliphatic carbocycles. The summed E-state index contributed by atoms with van der Waals surface area (Å²) >= 11 is 3.59. The van der Waals surface area contributed by atoms with Crippen LogP contribution in [0.1, 0.15) is 11.1 Å². The minimum absolute atomic E-state index is 0.512. The standard InChI is InChI=1S/C17H16BrN3/c1-10-6-5-8-12(11(10)2)16-15(17(19)21-20-16)13-7-3-4-9-14(13)18/h3-9H,1-2H3,(H3,19,20,21). The van der Waals surface area contributed by atoms with Gasteiger partial charge < -0.3 is 5.73 Å². The van der Waals surface area contributed by atoms with E-state index in [-0.39, 0.29) is 0 Å². The highest BCUT2D eigenvalue weighted by molar-refractivity contribution is 9.10. The van der Waals surface area contributed by atoms with Crippen LogP contribution in [0.15, 0.2) is 46.9 Å². The minimum Gasteiger partial charge on any atom is -0.382 e. The average Bonchev–Trinajstić information content (AvgIpc) is 2.84. The second kappa shape index (κ2) is 5.37. The molecule has 21 heavy (non-hydrogen) atoms. The Morgan fingerprint density at radius 3 is 2.48 bits per heavy atom. The molecule has 0 bridgehead atoms. The molecule has 0 unspecified atom stereocenters. The van der Waals surface area contributed by atoms with E-state index in [1.54, 1.807) is 0 Å². The van der Waals surface area contributed by atoms with Crippen molar-refractivity contribution in [3.05, 3.63) is 58.1 Å². The molecule has 0 aliphatic heterocycles. The van der Waals surface area contributed by atoms with Gasteiger partial charge in [-0.05, 0) is 31.0 Å². The Kier molecular flexibility index (Phi) is 3.55. The maximum atomic E-state index is 6.10. The maximum Gasteiger partial charge on any atom is 0.153 e. The first-order chi connectivity index (χ1) is 10.1. The molecule has 2 aromatic carbocycles. The molecule has 3 nitrogen and oxygen atoms in total. The number of aryl methyl sites for hydroxylation is 1. The molecule has 4 heteroatoms. The fourth-order valence-electron chi connectivity index (χ4n) is 2.51. The number of aromatic amines is 1. The number of nitrogen functional groups attached to an aromatic ring is 1. The van der Waals surface area contributed by atoms with Gasteiger partial charge in [-0.2, -0.15) is 5.10 Å². The van der Waals surface area contributed by atoms with Gasteiger partial charge in [-0.15, -0.1) is 0 Å². The van der Waals surface area contributed by atoms with Crippen molar-refractivity contribution in [1.29, 1.82) is 0 Å².